The highest BCUT2D eigenvalue weighted by Crippen LogP contribution is 2.38. The molecule has 0 saturated carbocycles. The summed E-state index contributed by atoms with van der Waals surface area (Å²) < 4.78 is 19.4. The van der Waals surface area contributed by atoms with E-state index >= 15 is 0 Å². The van der Waals surface area contributed by atoms with Crippen LogP contribution in [0.25, 0.3) is 0 Å². The van der Waals surface area contributed by atoms with Gasteiger partial charge >= 0.3 is 5.97 Å². The second-order valence-corrected chi connectivity index (χ2v) is 8.83. The number of nitrogens with zero attached hydrogens (tertiary/aromatic N) is 1. The Bertz CT molecular complexity index is 904. The van der Waals surface area contributed by atoms with Crippen molar-refractivity contribution >= 4 is 17.4 Å². The Morgan fingerprint density at radius 2 is 1.68 bits per heavy atom. The zero-order valence-corrected chi connectivity index (χ0v) is 18.5. The average molecular weight is 428 g/mol. The number of ketones is 1. The fraction of sp³-hybridized carbons (Fsp3) is 0.440. The van der Waals surface area contributed by atoms with E-state index in [-0.39, 0.29) is 35.7 Å². The van der Waals surface area contributed by atoms with Crippen molar-refractivity contribution in [2.75, 3.05) is 4.90 Å². The molecule has 3 rings (SSSR count). The van der Waals surface area contributed by atoms with E-state index in [1.54, 1.807) is 29.2 Å². The van der Waals surface area contributed by atoms with Crippen LogP contribution >= 0.6 is 0 Å². The molecule has 0 amide bonds. The number of anilines is 1. The van der Waals surface area contributed by atoms with Gasteiger partial charge in [-0.15, -0.1) is 0 Å². The average Bonchev–Trinajstić information content (AvgIpc) is 2.71. The Labute approximate surface area is 182 Å². The summed E-state index contributed by atoms with van der Waals surface area (Å²) in [5, 5.41) is 9.48. The SMILES string of the molecule is CC(C)N(c1ccc(F)cc1)C1C(=O)CC(CCc2ccc(O)cc2)(C(C)C)OC1=O. The van der Waals surface area contributed by atoms with E-state index in [4.69, 9.17) is 4.74 Å². The molecule has 5 nitrogen and oxygen atoms in total. The van der Waals surface area contributed by atoms with E-state index in [2.05, 4.69) is 0 Å². The number of ether oxygens (including phenoxy) is 1. The number of hydrogen-bond donors (Lipinski definition) is 1. The Hall–Kier alpha value is -2.89. The molecule has 166 valence electrons. The molecule has 0 bridgehead atoms. The van der Waals surface area contributed by atoms with E-state index < -0.39 is 17.6 Å². The number of cyclic esters (lactones) is 1. The molecule has 0 spiro atoms. The van der Waals surface area contributed by atoms with Gasteiger partial charge in [0.05, 0.1) is 0 Å². The van der Waals surface area contributed by atoms with Gasteiger partial charge in [-0.05, 0) is 74.6 Å². The smallest absolute Gasteiger partial charge is 0.337 e. The van der Waals surface area contributed by atoms with Crippen LogP contribution in [0.15, 0.2) is 48.5 Å². The van der Waals surface area contributed by atoms with E-state index in [1.165, 1.54) is 12.1 Å². The summed E-state index contributed by atoms with van der Waals surface area (Å²) in [5.41, 5.74) is 0.722. The molecule has 1 saturated heterocycles. The van der Waals surface area contributed by atoms with Crippen molar-refractivity contribution in [1.29, 1.82) is 0 Å². The molecule has 2 aromatic carbocycles. The first-order valence-corrected chi connectivity index (χ1v) is 10.7. The van der Waals surface area contributed by atoms with Crippen molar-refractivity contribution in [1.82, 2.24) is 0 Å². The van der Waals surface area contributed by atoms with Gasteiger partial charge in [0.15, 0.2) is 11.8 Å². The van der Waals surface area contributed by atoms with Crippen LogP contribution in [0.3, 0.4) is 0 Å². The largest absolute Gasteiger partial charge is 0.508 e. The van der Waals surface area contributed by atoms with Gasteiger partial charge in [0.2, 0.25) is 0 Å². The van der Waals surface area contributed by atoms with Crippen LogP contribution in [0, 0.1) is 11.7 Å². The lowest BCUT2D eigenvalue weighted by atomic mass is 9.77. The van der Waals surface area contributed by atoms with Crippen LogP contribution in [-0.2, 0) is 20.7 Å². The van der Waals surface area contributed by atoms with Gasteiger partial charge in [-0.3, -0.25) is 4.79 Å². The summed E-state index contributed by atoms with van der Waals surface area (Å²) in [6.45, 7) is 7.69. The molecule has 6 heteroatoms. The summed E-state index contributed by atoms with van der Waals surface area (Å²) in [4.78, 5) is 28.2. The van der Waals surface area contributed by atoms with Gasteiger partial charge < -0.3 is 14.7 Å². The van der Waals surface area contributed by atoms with Crippen molar-refractivity contribution in [2.45, 2.75) is 64.6 Å². The van der Waals surface area contributed by atoms with Crippen molar-refractivity contribution in [3.05, 3.63) is 59.9 Å². The number of aromatic hydroxyl groups is 1. The fourth-order valence-corrected chi connectivity index (χ4v) is 4.21. The predicted octanol–water partition coefficient (Wildman–Crippen LogP) is 4.66. The summed E-state index contributed by atoms with van der Waals surface area (Å²) in [6.07, 6.45) is 1.26. The first-order chi connectivity index (χ1) is 14.6. The lowest BCUT2D eigenvalue weighted by Crippen LogP contribution is -2.60. The summed E-state index contributed by atoms with van der Waals surface area (Å²) in [7, 11) is 0. The van der Waals surface area contributed by atoms with Crippen molar-refractivity contribution in [3.63, 3.8) is 0 Å². The molecule has 1 heterocycles. The van der Waals surface area contributed by atoms with E-state index in [0.29, 0.717) is 18.5 Å². The molecule has 1 fully saturated rings. The van der Waals surface area contributed by atoms with Crippen LogP contribution in [-0.4, -0.2) is 34.5 Å². The molecule has 0 aliphatic carbocycles. The minimum Gasteiger partial charge on any atom is -0.508 e. The van der Waals surface area contributed by atoms with Crippen molar-refractivity contribution in [3.8, 4) is 5.75 Å². The Kier molecular flexibility index (Phi) is 6.68. The number of Topliss-reactive ketones (excluding diaryl/α,β-unsaturated/α-hetero) is 1. The maximum atomic E-state index is 13.4. The highest BCUT2D eigenvalue weighted by molar-refractivity contribution is 6.08. The van der Waals surface area contributed by atoms with Crippen LogP contribution in [0.5, 0.6) is 5.75 Å². The van der Waals surface area contributed by atoms with E-state index in [9.17, 15) is 19.1 Å². The van der Waals surface area contributed by atoms with Gasteiger partial charge in [0.25, 0.3) is 0 Å². The first-order valence-electron chi connectivity index (χ1n) is 10.7. The number of hydrogen-bond acceptors (Lipinski definition) is 5. The fourth-order valence-electron chi connectivity index (χ4n) is 4.21. The molecule has 2 aromatic rings. The van der Waals surface area contributed by atoms with Crippen LogP contribution in [0.2, 0.25) is 0 Å². The Balaban J connectivity index is 1.84. The minimum absolute atomic E-state index is 0.0446. The minimum atomic E-state index is -1.05. The number of rotatable bonds is 7. The third kappa shape index (κ3) is 4.89. The summed E-state index contributed by atoms with van der Waals surface area (Å²) in [5.74, 6) is -0.976. The highest BCUT2D eigenvalue weighted by Gasteiger charge is 2.50. The molecular weight excluding hydrogens is 397 g/mol. The standard InChI is InChI=1S/C25H30FNO4/c1-16(2)25(14-13-18-5-11-21(28)12-6-18)15-22(29)23(24(30)31-25)27(17(3)4)20-9-7-19(26)8-10-20/h5-12,16-17,23,28H,13-15H2,1-4H3. The van der Waals surface area contributed by atoms with Gasteiger partial charge in [0, 0.05) is 18.2 Å². The van der Waals surface area contributed by atoms with Gasteiger partial charge in [-0.2, -0.15) is 0 Å². The molecule has 1 aliphatic rings. The summed E-state index contributed by atoms with van der Waals surface area (Å²) in [6, 6.07) is 11.5. The lowest BCUT2D eigenvalue weighted by molar-refractivity contribution is -0.179. The maximum Gasteiger partial charge on any atom is 0.337 e. The Morgan fingerprint density at radius 1 is 1.06 bits per heavy atom. The molecule has 2 unspecified atom stereocenters. The molecule has 0 aromatic heterocycles. The zero-order valence-electron chi connectivity index (χ0n) is 18.5. The van der Waals surface area contributed by atoms with Crippen LogP contribution in [0.1, 0.15) is 46.1 Å². The number of phenolic OH excluding ortho intramolecular Hbond substituents is 1. The number of phenols is 1. The number of esters is 1. The number of carbonyl (C=O) groups excluding carboxylic acids is 2. The normalized spacial score (nSPS) is 21.5. The second kappa shape index (κ2) is 9.08. The lowest BCUT2D eigenvalue weighted by Gasteiger charge is -2.45. The van der Waals surface area contributed by atoms with Crippen molar-refractivity contribution < 1.29 is 23.8 Å². The predicted molar refractivity (Wildman–Crippen MR) is 118 cm³/mol. The first kappa shape index (κ1) is 22.8. The molecule has 1 N–H and O–H groups in total. The van der Waals surface area contributed by atoms with Crippen LogP contribution < -0.4 is 4.90 Å². The van der Waals surface area contributed by atoms with E-state index in [1.807, 2.05) is 39.8 Å². The van der Waals surface area contributed by atoms with Gasteiger partial charge in [0.1, 0.15) is 17.2 Å². The number of halogens is 1. The second-order valence-electron chi connectivity index (χ2n) is 8.83. The number of carbonyl (C=O) groups is 2. The quantitative estimate of drug-likeness (QED) is 0.514. The summed E-state index contributed by atoms with van der Waals surface area (Å²) >= 11 is 0. The number of aryl methyl sites for hydroxylation is 1. The van der Waals surface area contributed by atoms with Crippen molar-refractivity contribution in [2.24, 2.45) is 5.92 Å². The third-order valence-corrected chi connectivity index (χ3v) is 6.09. The zero-order chi connectivity index (χ0) is 22.8. The van der Waals surface area contributed by atoms with Gasteiger partial charge in [-0.1, -0.05) is 26.0 Å². The monoisotopic (exact) mass is 427 g/mol. The van der Waals surface area contributed by atoms with E-state index in [0.717, 1.165) is 5.56 Å². The maximum absolute atomic E-state index is 13.4. The topological polar surface area (TPSA) is 66.8 Å². The van der Waals surface area contributed by atoms with Crippen LogP contribution in [0.4, 0.5) is 10.1 Å². The highest BCUT2D eigenvalue weighted by atomic mass is 19.1. The number of benzene rings is 2. The van der Waals surface area contributed by atoms with Gasteiger partial charge in [-0.25, -0.2) is 9.18 Å². The molecule has 1 aliphatic heterocycles. The molecule has 2 atom stereocenters. The molecule has 31 heavy (non-hydrogen) atoms. The molecular formula is C25H30FNO4. The third-order valence-electron chi connectivity index (χ3n) is 6.09. The molecule has 0 radical (unpaired) electrons. The Morgan fingerprint density at radius 3 is 2.19 bits per heavy atom.